The van der Waals surface area contributed by atoms with Crippen molar-refractivity contribution in [3.63, 3.8) is 0 Å². The van der Waals surface area contributed by atoms with Gasteiger partial charge in [0.05, 0.1) is 24.3 Å². The number of benzene rings is 1. The van der Waals surface area contributed by atoms with Gasteiger partial charge in [0.2, 0.25) is 15.9 Å². The molecular weight excluding hydrogens is 344 g/mol. The Morgan fingerprint density at radius 3 is 2.72 bits per heavy atom. The lowest BCUT2D eigenvalue weighted by atomic mass is 9.98. The van der Waals surface area contributed by atoms with Crippen LogP contribution in [0.1, 0.15) is 35.7 Å². The molecule has 1 unspecified atom stereocenters. The topological polar surface area (TPSA) is 92.8 Å². The molecule has 1 aliphatic rings. The van der Waals surface area contributed by atoms with Gasteiger partial charge in [-0.2, -0.15) is 0 Å². The number of carbonyl (C=O) groups is 2. The normalized spacial score (nSPS) is 18.6. The lowest BCUT2D eigenvalue weighted by Crippen LogP contribution is -2.44. The number of hydrogen-bond acceptors (Lipinski definition) is 5. The Morgan fingerprint density at radius 2 is 2.08 bits per heavy atom. The zero-order valence-electron chi connectivity index (χ0n) is 14.7. The van der Waals surface area contributed by atoms with Crippen LogP contribution in [0.4, 0.5) is 5.69 Å². The fourth-order valence-electron chi connectivity index (χ4n) is 2.93. The number of ether oxygens (including phenoxy) is 1. The van der Waals surface area contributed by atoms with Gasteiger partial charge in [0.25, 0.3) is 0 Å². The van der Waals surface area contributed by atoms with Crippen molar-refractivity contribution < 1.29 is 22.7 Å². The molecule has 8 heteroatoms. The number of methoxy groups -OCH3 is 1. The quantitative estimate of drug-likeness (QED) is 0.800. The molecule has 1 aliphatic heterocycles. The number of amides is 1. The van der Waals surface area contributed by atoms with Crippen molar-refractivity contribution in [3.05, 3.63) is 29.3 Å². The third kappa shape index (κ3) is 4.38. The predicted molar refractivity (Wildman–Crippen MR) is 94.9 cm³/mol. The second-order valence-electron chi connectivity index (χ2n) is 6.06. The van der Waals surface area contributed by atoms with Crippen LogP contribution in [0.3, 0.4) is 0 Å². The number of sulfonamides is 1. The first-order valence-electron chi connectivity index (χ1n) is 8.26. The van der Waals surface area contributed by atoms with Gasteiger partial charge in [0, 0.05) is 18.8 Å². The SMILES string of the molecule is CCS(=O)(=O)N1CCCC(C(=O)Nc2cccc(C(=O)OC)c2C)C1. The largest absolute Gasteiger partial charge is 0.465 e. The Balaban J connectivity index is 2.13. The van der Waals surface area contributed by atoms with E-state index in [1.54, 1.807) is 32.0 Å². The molecule has 0 aromatic heterocycles. The van der Waals surface area contributed by atoms with E-state index in [2.05, 4.69) is 5.32 Å². The van der Waals surface area contributed by atoms with Gasteiger partial charge in [-0.25, -0.2) is 17.5 Å². The van der Waals surface area contributed by atoms with Gasteiger partial charge in [-0.1, -0.05) is 6.07 Å². The number of rotatable bonds is 5. The van der Waals surface area contributed by atoms with Crippen molar-refractivity contribution in [1.29, 1.82) is 0 Å². The first-order valence-corrected chi connectivity index (χ1v) is 9.87. The molecule has 2 rings (SSSR count). The summed E-state index contributed by atoms with van der Waals surface area (Å²) in [4.78, 5) is 24.3. The Morgan fingerprint density at radius 1 is 1.36 bits per heavy atom. The van der Waals surface area contributed by atoms with Crippen molar-refractivity contribution in [1.82, 2.24) is 4.31 Å². The second-order valence-corrected chi connectivity index (χ2v) is 8.31. The van der Waals surface area contributed by atoms with Crippen LogP contribution in [-0.4, -0.2) is 50.6 Å². The molecule has 1 heterocycles. The van der Waals surface area contributed by atoms with E-state index in [-0.39, 0.29) is 18.2 Å². The van der Waals surface area contributed by atoms with Gasteiger partial charge >= 0.3 is 5.97 Å². The molecule has 1 saturated heterocycles. The zero-order valence-corrected chi connectivity index (χ0v) is 15.6. The van der Waals surface area contributed by atoms with Crippen LogP contribution in [0.5, 0.6) is 0 Å². The van der Waals surface area contributed by atoms with E-state index in [0.717, 1.165) is 0 Å². The van der Waals surface area contributed by atoms with Crippen LogP contribution >= 0.6 is 0 Å². The highest BCUT2D eigenvalue weighted by atomic mass is 32.2. The number of nitrogens with zero attached hydrogens (tertiary/aromatic N) is 1. The molecule has 0 aliphatic carbocycles. The Kier molecular flexibility index (Phi) is 6.18. The maximum Gasteiger partial charge on any atom is 0.338 e. The molecule has 0 saturated carbocycles. The number of carbonyl (C=O) groups excluding carboxylic acids is 2. The standard InChI is InChI=1S/C17H24N2O5S/c1-4-25(22,23)19-10-6-7-13(11-19)16(20)18-15-9-5-8-14(12(15)2)17(21)24-3/h5,8-9,13H,4,6-7,10-11H2,1-3H3,(H,18,20). The van der Waals surface area contributed by atoms with Crippen LogP contribution in [0.15, 0.2) is 18.2 Å². The van der Waals surface area contributed by atoms with E-state index in [9.17, 15) is 18.0 Å². The number of esters is 1. The molecule has 1 amide bonds. The molecule has 0 radical (unpaired) electrons. The van der Waals surface area contributed by atoms with E-state index in [0.29, 0.717) is 36.2 Å². The van der Waals surface area contributed by atoms with Gasteiger partial charge in [0.15, 0.2) is 0 Å². The average Bonchev–Trinajstić information content (AvgIpc) is 2.62. The van der Waals surface area contributed by atoms with Crippen molar-refractivity contribution in [2.75, 3.05) is 31.3 Å². The minimum absolute atomic E-state index is 0.0294. The summed E-state index contributed by atoms with van der Waals surface area (Å²) in [6.45, 7) is 3.98. The number of hydrogen-bond donors (Lipinski definition) is 1. The highest BCUT2D eigenvalue weighted by Crippen LogP contribution is 2.24. The van der Waals surface area contributed by atoms with Crippen LogP contribution in [0.25, 0.3) is 0 Å². The molecule has 0 spiro atoms. The monoisotopic (exact) mass is 368 g/mol. The first-order chi connectivity index (χ1) is 11.8. The van der Waals surface area contributed by atoms with Crippen LogP contribution < -0.4 is 5.32 Å². The van der Waals surface area contributed by atoms with Gasteiger partial charge in [-0.15, -0.1) is 0 Å². The number of anilines is 1. The summed E-state index contributed by atoms with van der Waals surface area (Å²) >= 11 is 0. The van der Waals surface area contributed by atoms with E-state index in [1.807, 2.05) is 0 Å². The van der Waals surface area contributed by atoms with Crippen LogP contribution in [-0.2, 0) is 19.6 Å². The first kappa shape index (κ1) is 19.4. The van der Waals surface area contributed by atoms with Crippen LogP contribution in [0.2, 0.25) is 0 Å². The number of piperidine rings is 1. The minimum Gasteiger partial charge on any atom is -0.465 e. The molecule has 1 N–H and O–H groups in total. The van der Waals surface area contributed by atoms with Crippen molar-refractivity contribution >= 4 is 27.6 Å². The minimum atomic E-state index is -3.30. The summed E-state index contributed by atoms with van der Waals surface area (Å²) in [5.74, 6) is -1.08. The summed E-state index contributed by atoms with van der Waals surface area (Å²) < 4.78 is 30.2. The average molecular weight is 368 g/mol. The molecule has 7 nitrogen and oxygen atoms in total. The van der Waals surface area contributed by atoms with E-state index >= 15 is 0 Å². The fourth-order valence-corrected chi connectivity index (χ4v) is 4.11. The second kappa shape index (κ2) is 7.97. The molecule has 138 valence electrons. The fraction of sp³-hybridized carbons (Fsp3) is 0.529. The molecule has 1 aromatic rings. The maximum atomic E-state index is 12.6. The summed E-state index contributed by atoms with van der Waals surface area (Å²) in [6, 6.07) is 5.01. The highest BCUT2D eigenvalue weighted by molar-refractivity contribution is 7.89. The van der Waals surface area contributed by atoms with E-state index in [4.69, 9.17) is 4.74 Å². The van der Waals surface area contributed by atoms with Gasteiger partial charge in [0.1, 0.15) is 0 Å². The molecule has 25 heavy (non-hydrogen) atoms. The third-order valence-corrected chi connectivity index (χ3v) is 6.36. The lowest BCUT2D eigenvalue weighted by molar-refractivity contribution is -0.120. The summed E-state index contributed by atoms with van der Waals surface area (Å²) in [7, 11) is -1.99. The van der Waals surface area contributed by atoms with Crippen molar-refractivity contribution in [2.24, 2.45) is 5.92 Å². The zero-order chi connectivity index (χ0) is 18.6. The predicted octanol–water partition coefficient (Wildman–Crippen LogP) is 1.78. The third-order valence-electron chi connectivity index (χ3n) is 4.51. The Hall–Kier alpha value is -1.93. The summed E-state index contributed by atoms with van der Waals surface area (Å²) in [5.41, 5.74) is 1.54. The van der Waals surface area contributed by atoms with E-state index < -0.39 is 21.9 Å². The summed E-state index contributed by atoms with van der Waals surface area (Å²) in [5, 5.41) is 2.82. The molecular formula is C17H24N2O5S. The van der Waals surface area contributed by atoms with E-state index in [1.165, 1.54) is 11.4 Å². The molecule has 0 bridgehead atoms. The Bertz CT molecular complexity index is 760. The van der Waals surface area contributed by atoms with Gasteiger partial charge < -0.3 is 10.1 Å². The molecule has 1 aromatic carbocycles. The van der Waals surface area contributed by atoms with Crippen molar-refractivity contribution in [3.8, 4) is 0 Å². The van der Waals surface area contributed by atoms with Crippen LogP contribution in [0, 0.1) is 12.8 Å². The Labute approximate surface area is 148 Å². The van der Waals surface area contributed by atoms with Gasteiger partial charge in [-0.3, -0.25) is 4.79 Å². The maximum absolute atomic E-state index is 12.6. The molecule has 1 atom stereocenters. The van der Waals surface area contributed by atoms with Gasteiger partial charge in [-0.05, 0) is 44.4 Å². The summed E-state index contributed by atoms with van der Waals surface area (Å²) in [6.07, 6.45) is 1.29. The van der Waals surface area contributed by atoms with Crippen molar-refractivity contribution in [2.45, 2.75) is 26.7 Å². The molecule has 1 fully saturated rings. The lowest BCUT2D eigenvalue weighted by Gasteiger charge is -2.31. The number of nitrogens with one attached hydrogen (secondary N) is 1. The smallest absolute Gasteiger partial charge is 0.338 e. The highest BCUT2D eigenvalue weighted by Gasteiger charge is 2.31.